The highest BCUT2D eigenvalue weighted by Crippen LogP contribution is 2.31. The third-order valence-electron chi connectivity index (χ3n) is 3.47. The molecule has 5 heteroatoms. The van der Waals surface area contributed by atoms with Crippen molar-refractivity contribution in [2.45, 2.75) is 26.7 Å². The van der Waals surface area contributed by atoms with Crippen molar-refractivity contribution in [2.75, 3.05) is 14.2 Å². The monoisotopic (exact) mass is 297 g/mol. The van der Waals surface area contributed by atoms with Gasteiger partial charge in [0.1, 0.15) is 5.92 Å². The molecule has 114 valence electrons. The van der Waals surface area contributed by atoms with Gasteiger partial charge in [0, 0.05) is 5.56 Å². The second-order valence-electron chi connectivity index (χ2n) is 5.21. The minimum absolute atomic E-state index is 0.196. The first-order valence-electron chi connectivity index (χ1n) is 6.94. The molecule has 0 amide bonds. The van der Waals surface area contributed by atoms with E-state index in [2.05, 4.69) is 22.1 Å². The molecule has 0 bridgehead atoms. The van der Waals surface area contributed by atoms with E-state index in [9.17, 15) is 5.26 Å². The quantitative estimate of drug-likeness (QED) is 0.867. The summed E-state index contributed by atoms with van der Waals surface area (Å²) in [5.41, 5.74) is 4.48. The van der Waals surface area contributed by atoms with E-state index >= 15 is 0 Å². The third-order valence-corrected chi connectivity index (χ3v) is 3.47. The zero-order valence-corrected chi connectivity index (χ0v) is 13.5. The smallest absolute Gasteiger partial charge is 0.319 e. The summed E-state index contributed by atoms with van der Waals surface area (Å²) < 4.78 is 10.4. The van der Waals surface area contributed by atoms with E-state index in [4.69, 9.17) is 9.47 Å². The summed E-state index contributed by atoms with van der Waals surface area (Å²) in [6.45, 7) is 5.87. The van der Waals surface area contributed by atoms with Crippen LogP contribution in [0.15, 0.2) is 18.2 Å². The summed E-state index contributed by atoms with van der Waals surface area (Å²) in [5.74, 6) is -0.0733. The van der Waals surface area contributed by atoms with E-state index in [0.717, 1.165) is 22.3 Å². The zero-order chi connectivity index (χ0) is 16.3. The van der Waals surface area contributed by atoms with Gasteiger partial charge >= 0.3 is 6.01 Å². The number of hydrogen-bond acceptors (Lipinski definition) is 5. The van der Waals surface area contributed by atoms with Crippen LogP contribution in [0.2, 0.25) is 0 Å². The molecule has 0 radical (unpaired) electrons. The summed E-state index contributed by atoms with van der Waals surface area (Å²) in [7, 11) is 3.03. The molecule has 1 atom stereocenters. The molecule has 0 aliphatic carbocycles. The van der Waals surface area contributed by atoms with Crippen molar-refractivity contribution in [3.05, 3.63) is 46.1 Å². The third kappa shape index (κ3) is 3.01. The zero-order valence-electron chi connectivity index (χ0n) is 13.5. The number of aryl methyl sites for hydroxylation is 2. The van der Waals surface area contributed by atoms with Crippen LogP contribution in [-0.2, 0) is 0 Å². The molecule has 0 aliphatic rings. The van der Waals surface area contributed by atoms with E-state index in [1.54, 1.807) is 0 Å². The van der Waals surface area contributed by atoms with E-state index < -0.39 is 5.92 Å². The van der Waals surface area contributed by atoms with E-state index in [0.29, 0.717) is 11.6 Å². The van der Waals surface area contributed by atoms with Gasteiger partial charge in [0.2, 0.25) is 5.88 Å². The van der Waals surface area contributed by atoms with Crippen LogP contribution in [0.5, 0.6) is 11.9 Å². The largest absolute Gasteiger partial charge is 0.481 e. The Morgan fingerprint density at radius 1 is 1.00 bits per heavy atom. The molecule has 0 saturated carbocycles. The minimum Gasteiger partial charge on any atom is -0.481 e. The van der Waals surface area contributed by atoms with Crippen molar-refractivity contribution in [2.24, 2.45) is 0 Å². The Morgan fingerprint density at radius 2 is 1.64 bits per heavy atom. The fourth-order valence-corrected chi connectivity index (χ4v) is 2.53. The number of ether oxygens (including phenoxy) is 2. The number of rotatable bonds is 4. The topological polar surface area (TPSA) is 68.0 Å². The van der Waals surface area contributed by atoms with Gasteiger partial charge in [-0.1, -0.05) is 29.3 Å². The Kier molecular flexibility index (Phi) is 4.62. The molecule has 2 rings (SSSR count). The average Bonchev–Trinajstić information content (AvgIpc) is 2.48. The fourth-order valence-electron chi connectivity index (χ4n) is 2.53. The van der Waals surface area contributed by atoms with Gasteiger partial charge in [-0.2, -0.15) is 15.2 Å². The first-order valence-corrected chi connectivity index (χ1v) is 6.94. The lowest BCUT2D eigenvalue weighted by Gasteiger charge is -2.16. The number of benzene rings is 1. The van der Waals surface area contributed by atoms with Crippen molar-refractivity contribution in [1.82, 2.24) is 9.97 Å². The Hall–Kier alpha value is -2.61. The number of methoxy groups -OCH3 is 2. The maximum Gasteiger partial charge on any atom is 0.319 e. The van der Waals surface area contributed by atoms with Crippen molar-refractivity contribution in [3.8, 4) is 18.0 Å². The number of hydrogen-bond donors (Lipinski definition) is 0. The maximum absolute atomic E-state index is 9.67. The summed E-state index contributed by atoms with van der Waals surface area (Å²) >= 11 is 0. The molecule has 22 heavy (non-hydrogen) atoms. The average molecular weight is 297 g/mol. The van der Waals surface area contributed by atoms with Crippen molar-refractivity contribution >= 4 is 0 Å². The SMILES string of the molecule is COc1nc(OC)c(C)c(C(C#N)c2cc(C)cc(C)c2)n1. The number of aromatic nitrogens is 2. The molecule has 1 aromatic carbocycles. The van der Waals surface area contributed by atoms with Crippen LogP contribution in [0, 0.1) is 32.1 Å². The molecular weight excluding hydrogens is 278 g/mol. The Morgan fingerprint density at radius 3 is 2.14 bits per heavy atom. The molecule has 0 spiro atoms. The Labute approximate surface area is 130 Å². The van der Waals surface area contributed by atoms with Crippen LogP contribution >= 0.6 is 0 Å². The standard InChI is InChI=1S/C17H19N3O2/c1-10-6-11(2)8-13(7-10)14(9-18)15-12(3)16(21-4)20-17(19-15)22-5/h6-8,14H,1-5H3. The summed E-state index contributed by atoms with van der Waals surface area (Å²) in [6, 6.07) is 8.61. The van der Waals surface area contributed by atoms with Gasteiger partial charge in [-0.15, -0.1) is 0 Å². The highest BCUT2D eigenvalue weighted by atomic mass is 16.5. The second-order valence-corrected chi connectivity index (χ2v) is 5.21. The van der Waals surface area contributed by atoms with Crippen molar-refractivity contribution in [1.29, 1.82) is 5.26 Å². The van der Waals surface area contributed by atoms with Crippen LogP contribution in [-0.4, -0.2) is 24.2 Å². The molecule has 5 nitrogen and oxygen atoms in total. The van der Waals surface area contributed by atoms with Gasteiger partial charge in [0.15, 0.2) is 0 Å². The van der Waals surface area contributed by atoms with Crippen LogP contribution in [0.25, 0.3) is 0 Å². The van der Waals surface area contributed by atoms with E-state index in [1.165, 1.54) is 14.2 Å². The normalized spacial score (nSPS) is 11.6. The second kappa shape index (κ2) is 6.44. The van der Waals surface area contributed by atoms with Crippen LogP contribution in [0.1, 0.15) is 33.9 Å². The molecule has 1 heterocycles. The summed E-state index contributed by atoms with van der Waals surface area (Å²) in [6.07, 6.45) is 0. The van der Waals surface area contributed by atoms with Crippen molar-refractivity contribution in [3.63, 3.8) is 0 Å². The van der Waals surface area contributed by atoms with E-state index in [1.807, 2.05) is 32.9 Å². The summed E-state index contributed by atoms with van der Waals surface area (Å²) in [5, 5.41) is 9.67. The number of nitrogens with zero attached hydrogens (tertiary/aromatic N) is 3. The highest BCUT2D eigenvalue weighted by Gasteiger charge is 2.22. The maximum atomic E-state index is 9.67. The van der Waals surface area contributed by atoms with E-state index in [-0.39, 0.29) is 6.01 Å². The molecule has 0 fully saturated rings. The van der Waals surface area contributed by atoms with Gasteiger partial charge in [0.05, 0.1) is 26.0 Å². The lowest BCUT2D eigenvalue weighted by atomic mass is 9.92. The summed E-state index contributed by atoms with van der Waals surface area (Å²) in [4.78, 5) is 8.52. The molecule has 0 saturated heterocycles. The lowest BCUT2D eigenvalue weighted by Crippen LogP contribution is -2.09. The lowest BCUT2D eigenvalue weighted by molar-refractivity contribution is 0.347. The molecule has 0 aliphatic heterocycles. The minimum atomic E-state index is -0.496. The molecule has 2 aromatic rings. The van der Waals surface area contributed by atoms with Gasteiger partial charge in [0.25, 0.3) is 0 Å². The van der Waals surface area contributed by atoms with Gasteiger partial charge in [-0.05, 0) is 26.3 Å². The molecular formula is C17H19N3O2. The van der Waals surface area contributed by atoms with Crippen LogP contribution in [0.3, 0.4) is 0 Å². The predicted octanol–water partition coefficient (Wildman–Crippen LogP) is 3.07. The van der Waals surface area contributed by atoms with Crippen molar-refractivity contribution < 1.29 is 9.47 Å². The van der Waals surface area contributed by atoms with Crippen LogP contribution < -0.4 is 9.47 Å². The fraction of sp³-hybridized carbons (Fsp3) is 0.353. The van der Waals surface area contributed by atoms with Gasteiger partial charge < -0.3 is 9.47 Å². The van der Waals surface area contributed by atoms with Gasteiger partial charge in [-0.3, -0.25) is 0 Å². The predicted molar refractivity (Wildman–Crippen MR) is 83.2 cm³/mol. The molecule has 1 aromatic heterocycles. The first-order chi connectivity index (χ1) is 10.5. The number of nitriles is 1. The molecule has 1 unspecified atom stereocenters. The van der Waals surface area contributed by atoms with Gasteiger partial charge in [-0.25, -0.2) is 0 Å². The van der Waals surface area contributed by atoms with Crippen LogP contribution in [0.4, 0.5) is 0 Å². The molecule has 0 N–H and O–H groups in total. The first kappa shape index (κ1) is 15.8. The Bertz CT molecular complexity index is 715. The highest BCUT2D eigenvalue weighted by molar-refractivity contribution is 5.44. The Balaban J connectivity index is 2.63.